The van der Waals surface area contributed by atoms with E-state index >= 15 is 0 Å². The first-order valence-electron chi connectivity index (χ1n) is 2.75. The fourth-order valence-electron chi connectivity index (χ4n) is 0. The molecule has 0 aliphatic heterocycles. The van der Waals surface area contributed by atoms with Crippen LogP contribution in [-0.4, -0.2) is 7.05 Å². The molecule has 0 bridgehead atoms. The molecule has 0 aliphatic rings. The minimum Gasteiger partial charge on any atom is -0.394 e. The molecule has 0 aliphatic carbocycles. The zero-order valence-corrected chi connectivity index (χ0v) is 6.28. The van der Waals surface area contributed by atoms with E-state index in [-0.39, 0.29) is 0 Å². The van der Waals surface area contributed by atoms with Crippen LogP contribution in [-0.2, 0) is 0 Å². The van der Waals surface area contributed by atoms with Gasteiger partial charge < -0.3 is 5.32 Å². The first-order valence-corrected chi connectivity index (χ1v) is 2.75. The molecular weight excluding hydrogens is 110 g/mol. The standard InChI is InChI=1S/C5H8.C3H7N/c1-4-5(2)3;1-3-4-2/h4H,1-2H2,3H3;3-4H,1H2,2H3. The zero-order valence-electron chi connectivity index (χ0n) is 6.28. The van der Waals surface area contributed by atoms with Gasteiger partial charge in [0.15, 0.2) is 0 Å². The maximum atomic E-state index is 3.56. The maximum absolute atomic E-state index is 3.56. The van der Waals surface area contributed by atoms with Gasteiger partial charge in [0.2, 0.25) is 0 Å². The summed E-state index contributed by atoms with van der Waals surface area (Å²) in [4.78, 5) is 0. The molecular formula is C8H15N. The first-order chi connectivity index (χ1) is 4.18. The second kappa shape index (κ2) is 10.1. The first kappa shape index (κ1) is 10.9. The van der Waals surface area contributed by atoms with Crippen LogP contribution in [0.25, 0.3) is 0 Å². The van der Waals surface area contributed by atoms with Crippen molar-refractivity contribution in [2.24, 2.45) is 0 Å². The van der Waals surface area contributed by atoms with Crippen LogP contribution in [0.1, 0.15) is 6.92 Å². The molecule has 52 valence electrons. The third-order valence-corrected chi connectivity index (χ3v) is 0.553. The van der Waals surface area contributed by atoms with Crippen molar-refractivity contribution in [1.29, 1.82) is 0 Å². The van der Waals surface area contributed by atoms with Crippen molar-refractivity contribution in [3.8, 4) is 0 Å². The lowest BCUT2D eigenvalue weighted by atomic mass is 10.4. The Bertz CT molecular complexity index is 92.7. The van der Waals surface area contributed by atoms with Crippen molar-refractivity contribution in [3.05, 3.63) is 37.6 Å². The van der Waals surface area contributed by atoms with Crippen molar-refractivity contribution in [1.82, 2.24) is 5.32 Å². The van der Waals surface area contributed by atoms with Crippen LogP contribution >= 0.6 is 0 Å². The molecule has 9 heavy (non-hydrogen) atoms. The summed E-state index contributed by atoms with van der Waals surface area (Å²) in [6.07, 6.45) is 3.35. The van der Waals surface area contributed by atoms with Crippen molar-refractivity contribution < 1.29 is 0 Å². The third kappa shape index (κ3) is 43.4. The molecule has 0 aromatic heterocycles. The van der Waals surface area contributed by atoms with E-state index in [2.05, 4.69) is 25.1 Å². The van der Waals surface area contributed by atoms with Crippen LogP contribution in [0.2, 0.25) is 0 Å². The molecule has 0 saturated heterocycles. The number of hydrogen-bond acceptors (Lipinski definition) is 1. The van der Waals surface area contributed by atoms with Gasteiger partial charge in [0, 0.05) is 7.05 Å². The summed E-state index contributed by atoms with van der Waals surface area (Å²) in [6.45, 7) is 12.3. The Morgan fingerprint density at radius 2 is 1.67 bits per heavy atom. The lowest BCUT2D eigenvalue weighted by Crippen LogP contribution is -1.87. The van der Waals surface area contributed by atoms with E-state index in [1.807, 2.05) is 14.0 Å². The van der Waals surface area contributed by atoms with Crippen molar-refractivity contribution in [3.63, 3.8) is 0 Å². The van der Waals surface area contributed by atoms with Crippen LogP contribution in [0, 0.1) is 0 Å². The minimum atomic E-state index is 1.02. The van der Waals surface area contributed by atoms with E-state index in [4.69, 9.17) is 0 Å². The summed E-state index contributed by atoms with van der Waals surface area (Å²) in [7, 11) is 1.81. The Hall–Kier alpha value is -0.980. The maximum Gasteiger partial charge on any atom is 0.00275 e. The molecule has 0 aromatic carbocycles. The molecule has 0 rings (SSSR count). The Kier molecular flexibility index (Phi) is 12.2. The van der Waals surface area contributed by atoms with Gasteiger partial charge in [-0.25, -0.2) is 0 Å². The van der Waals surface area contributed by atoms with Crippen LogP contribution in [0.15, 0.2) is 37.6 Å². The largest absolute Gasteiger partial charge is 0.394 e. The molecule has 0 atom stereocenters. The number of nitrogens with one attached hydrogen (secondary N) is 1. The molecule has 1 nitrogen and oxygen atoms in total. The van der Waals surface area contributed by atoms with Gasteiger partial charge in [0.05, 0.1) is 0 Å². The number of hydrogen-bond donors (Lipinski definition) is 1. The number of allylic oxidation sites excluding steroid dienone is 2. The summed E-state index contributed by atoms with van der Waals surface area (Å²) in [5.74, 6) is 0. The molecule has 0 radical (unpaired) electrons. The highest BCUT2D eigenvalue weighted by Crippen LogP contribution is 1.81. The summed E-state index contributed by atoms with van der Waals surface area (Å²) >= 11 is 0. The van der Waals surface area contributed by atoms with E-state index in [1.165, 1.54) is 0 Å². The van der Waals surface area contributed by atoms with Gasteiger partial charge in [0.1, 0.15) is 0 Å². The van der Waals surface area contributed by atoms with Gasteiger partial charge in [-0.2, -0.15) is 0 Å². The van der Waals surface area contributed by atoms with E-state index in [1.54, 1.807) is 12.3 Å². The summed E-state index contributed by atoms with van der Waals surface area (Å²) in [6, 6.07) is 0. The van der Waals surface area contributed by atoms with E-state index in [0.29, 0.717) is 0 Å². The molecule has 0 heterocycles. The predicted molar refractivity (Wildman–Crippen MR) is 44.3 cm³/mol. The van der Waals surface area contributed by atoms with Crippen LogP contribution in [0.4, 0.5) is 0 Å². The zero-order chi connectivity index (χ0) is 7.70. The summed E-state index contributed by atoms with van der Waals surface area (Å²) < 4.78 is 0. The Morgan fingerprint density at radius 1 is 1.44 bits per heavy atom. The highest BCUT2D eigenvalue weighted by molar-refractivity contribution is 5.05. The highest BCUT2D eigenvalue weighted by Gasteiger charge is 1.59. The molecule has 0 aromatic rings. The third-order valence-electron chi connectivity index (χ3n) is 0.553. The fourth-order valence-corrected chi connectivity index (χ4v) is 0. The average molecular weight is 125 g/mol. The fraction of sp³-hybridized carbons (Fsp3) is 0.250. The van der Waals surface area contributed by atoms with Gasteiger partial charge in [0.25, 0.3) is 0 Å². The van der Waals surface area contributed by atoms with E-state index < -0.39 is 0 Å². The Morgan fingerprint density at radius 3 is 1.67 bits per heavy atom. The second-order valence-electron chi connectivity index (χ2n) is 1.54. The molecule has 0 amide bonds. The lowest BCUT2D eigenvalue weighted by molar-refractivity contribution is 1.11. The quantitative estimate of drug-likeness (QED) is 0.557. The highest BCUT2D eigenvalue weighted by atomic mass is 14.8. The lowest BCUT2D eigenvalue weighted by Gasteiger charge is -1.71. The average Bonchev–Trinajstić information content (AvgIpc) is 1.89. The summed E-state index contributed by atoms with van der Waals surface area (Å²) in [5.41, 5.74) is 1.02. The van der Waals surface area contributed by atoms with Crippen molar-refractivity contribution in [2.45, 2.75) is 6.92 Å². The van der Waals surface area contributed by atoms with E-state index in [9.17, 15) is 0 Å². The molecule has 1 heteroatoms. The summed E-state index contributed by atoms with van der Waals surface area (Å²) in [5, 5.41) is 2.69. The normalized spacial score (nSPS) is 6.00. The SMILES string of the molecule is C=CC(=C)C.C=CNC. The van der Waals surface area contributed by atoms with Gasteiger partial charge in [-0.05, 0) is 13.1 Å². The van der Waals surface area contributed by atoms with Crippen molar-refractivity contribution >= 4 is 0 Å². The van der Waals surface area contributed by atoms with Gasteiger partial charge in [-0.15, -0.1) is 0 Å². The van der Waals surface area contributed by atoms with Gasteiger partial charge in [-0.3, -0.25) is 0 Å². The van der Waals surface area contributed by atoms with E-state index in [0.717, 1.165) is 5.57 Å². The van der Waals surface area contributed by atoms with Gasteiger partial charge in [-0.1, -0.05) is 31.4 Å². The van der Waals surface area contributed by atoms with Crippen molar-refractivity contribution in [2.75, 3.05) is 7.05 Å². The minimum absolute atomic E-state index is 1.02. The van der Waals surface area contributed by atoms with Crippen LogP contribution < -0.4 is 5.32 Å². The van der Waals surface area contributed by atoms with Crippen LogP contribution in [0.5, 0.6) is 0 Å². The topological polar surface area (TPSA) is 12.0 Å². The number of rotatable bonds is 2. The van der Waals surface area contributed by atoms with Crippen LogP contribution in [0.3, 0.4) is 0 Å². The molecule has 0 unspecified atom stereocenters. The molecule has 0 saturated carbocycles. The predicted octanol–water partition coefficient (Wildman–Crippen LogP) is 2.10. The molecule has 1 N–H and O–H groups in total. The van der Waals surface area contributed by atoms with Gasteiger partial charge >= 0.3 is 0 Å². The Balaban J connectivity index is 0. The Labute approximate surface area is 57.8 Å². The second-order valence-corrected chi connectivity index (χ2v) is 1.54. The monoisotopic (exact) mass is 125 g/mol. The smallest absolute Gasteiger partial charge is 0.00275 e. The molecule has 0 spiro atoms. The molecule has 0 fully saturated rings.